The predicted octanol–water partition coefficient (Wildman–Crippen LogP) is 3.19. The number of carboxylic acid groups (broad SMARTS) is 1. The first-order valence-corrected chi connectivity index (χ1v) is 10.7. The molecular formula is C25H23FN4O4. The summed E-state index contributed by atoms with van der Waals surface area (Å²) in [6.07, 6.45) is 0.343. The number of carboxylic acids is 1. The lowest BCUT2D eigenvalue weighted by Crippen LogP contribution is -2.39. The third-order valence-corrected chi connectivity index (χ3v) is 5.66. The minimum Gasteiger partial charge on any atom is -0.481 e. The van der Waals surface area contributed by atoms with E-state index in [1.165, 1.54) is 6.07 Å². The van der Waals surface area contributed by atoms with Crippen molar-refractivity contribution in [3.05, 3.63) is 83.7 Å². The van der Waals surface area contributed by atoms with Crippen molar-refractivity contribution in [2.45, 2.75) is 18.9 Å². The second kappa shape index (κ2) is 10.2. The minimum atomic E-state index is -1.16. The molecule has 8 nitrogen and oxygen atoms in total. The Bertz CT molecular complexity index is 1290. The molecule has 2 atom stereocenters. The number of carbonyl (C=O) groups is 2. The molecule has 0 saturated carbocycles. The second-order valence-electron chi connectivity index (χ2n) is 8.06. The lowest BCUT2D eigenvalue weighted by atomic mass is 9.94. The van der Waals surface area contributed by atoms with Gasteiger partial charge in [0.15, 0.2) is 5.82 Å². The number of nitrogens with one attached hydrogen (secondary N) is 2. The van der Waals surface area contributed by atoms with Gasteiger partial charge in [-0.3, -0.25) is 14.7 Å². The minimum absolute atomic E-state index is 0.00828. The van der Waals surface area contributed by atoms with E-state index in [2.05, 4.69) is 20.7 Å². The molecule has 0 aliphatic heterocycles. The van der Waals surface area contributed by atoms with Crippen molar-refractivity contribution >= 4 is 22.9 Å². The van der Waals surface area contributed by atoms with E-state index in [1.54, 1.807) is 0 Å². The number of nitrogens with zero attached hydrogens (tertiary/aromatic N) is 2. The van der Waals surface area contributed by atoms with Crippen molar-refractivity contribution in [3.63, 3.8) is 0 Å². The molecule has 3 aromatic carbocycles. The van der Waals surface area contributed by atoms with E-state index in [1.807, 2.05) is 54.6 Å². The van der Waals surface area contributed by atoms with Gasteiger partial charge in [-0.15, -0.1) is 5.10 Å². The third-order valence-electron chi connectivity index (χ3n) is 5.66. The number of rotatable bonds is 9. The number of aromatic nitrogens is 3. The lowest BCUT2D eigenvalue weighted by molar-refractivity contribution is -0.143. The van der Waals surface area contributed by atoms with Gasteiger partial charge in [0.2, 0.25) is 0 Å². The van der Waals surface area contributed by atoms with E-state index < -0.39 is 36.3 Å². The zero-order valence-corrected chi connectivity index (χ0v) is 18.1. The van der Waals surface area contributed by atoms with Crippen LogP contribution in [0.5, 0.6) is 0 Å². The number of amides is 1. The molecule has 4 N–H and O–H groups in total. The topological polar surface area (TPSA) is 128 Å². The maximum Gasteiger partial charge on any atom is 0.308 e. The highest BCUT2D eigenvalue weighted by atomic mass is 19.1. The molecule has 0 fully saturated rings. The SMILES string of the molecule is O=C(N[C@H](Cc1ccc(-c2ccccc2)cc1)CC(CO)C(=O)O)c1cc(F)c2nn[nH]c2c1. The van der Waals surface area contributed by atoms with Crippen molar-refractivity contribution in [2.24, 2.45) is 5.92 Å². The van der Waals surface area contributed by atoms with Gasteiger partial charge in [0.05, 0.1) is 18.0 Å². The fourth-order valence-corrected chi connectivity index (χ4v) is 3.85. The Balaban J connectivity index is 1.54. The molecule has 0 spiro atoms. The number of benzene rings is 3. The average Bonchev–Trinajstić information content (AvgIpc) is 3.32. The summed E-state index contributed by atoms with van der Waals surface area (Å²) in [6.45, 7) is -0.560. The van der Waals surface area contributed by atoms with E-state index in [-0.39, 0.29) is 23.0 Å². The van der Waals surface area contributed by atoms with Gasteiger partial charge < -0.3 is 15.5 Å². The molecule has 1 heterocycles. The summed E-state index contributed by atoms with van der Waals surface area (Å²) >= 11 is 0. The van der Waals surface area contributed by atoms with Crippen molar-refractivity contribution in [1.82, 2.24) is 20.7 Å². The highest BCUT2D eigenvalue weighted by molar-refractivity contribution is 5.97. The van der Waals surface area contributed by atoms with Crippen LogP contribution in [0.25, 0.3) is 22.2 Å². The molecule has 0 aliphatic carbocycles. The van der Waals surface area contributed by atoms with E-state index in [4.69, 9.17) is 0 Å². The zero-order chi connectivity index (χ0) is 24.1. The van der Waals surface area contributed by atoms with Crippen LogP contribution >= 0.6 is 0 Å². The van der Waals surface area contributed by atoms with Crippen molar-refractivity contribution in [1.29, 1.82) is 0 Å². The van der Waals surface area contributed by atoms with E-state index >= 15 is 0 Å². The van der Waals surface area contributed by atoms with Gasteiger partial charge in [0.1, 0.15) is 5.52 Å². The maximum absolute atomic E-state index is 14.3. The van der Waals surface area contributed by atoms with Crippen LogP contribution in [-0.2, 0) is 11.2 Å². The molecule has 34 heavy (non-hydrogen) atoms. The predicted molar refractivity (Wildman–Crippen MR) is 124 cm³/mol. The number of hydrogen-bond acceptors (Lipinski definition) is 5. The normalized spacial score (nSPS) is 12.9. The van der Waals surface area contributed by atoms with Gasteiger partial charge in [0.25, 0.3) is 5.91 Å². The van der Waals surface area contributed by atoms with Gasteiger partial charge in [-0.2, -0.15) is 0 Å². The van der Waals surface area contributed by atoms with Gasteiger partial charge in [-0.1, -0.05) is 59.8 Å². The molecule has 0 saturated heterocycles. The molecule has 0 bridgehead atoms. The quantitative estimate of drug-likeness (QED) is 0.302. The number of aliphatic hydroxyl groups is 1. The first-order valence-electron chi connectivity index (χ1n) is 10.7. The Morgan fingerprint density at radius 3 is 2.41 bits per heavy atom. The molecule has 0 aliphatic rings. The Labute approximate surface area is 194 Å². The zero-order valence-electron chi connectivity index (χ0n) is 18.1. The first kappa shape index (κ1) is 23.1. The molecule has 1 aromatic heterocycles. The van der Waals surface area contributed by atoms with E-state index in [0.717, 1.165) is 22.8 Å². The highest BCUT2D eigenvalue weighted by Gasteiger charge is 2.24. The van der Waals surface area contributed by atoms with Crippen LogP contribution in [0.4, 0.5) is 4.39 Å². The van der Waals surface area contributed by atoms with E-state index in [9.17, 15) is 24.2 Å². The third kappa shape index (κ3) is 5.26. The number of aliphatic carboxylic acids is 1. The molecule has 1 amide bonds. The smallest absolute Gasteiger partial charge is 0.308 e. The van der Waals surface area contributed by atoms with Crippen molar-refractivity contribution < 1.29 is 24.2 Å². The summed E-state index contributed by atoms with van der Waals surface area (Å²) < 4.78 is 14.3. The second-order valence-corrected chi connectivity index (χ2v) is 8.06. The summed E-state index contributed by atoms with van der Waals surface area (Å²) in [7, 11) is 0. The molecular weight excluding hydrogens is 439 g/mol. The molecule has 174 valence electrons. The summed E-state index contributed by atoms with van der Waals surface area (Å²) in [5, 5.41) is 31.4. The summed E-state index contributed by atoms with van der Waals surface area (Å²) in [5.74, 6) is -3.46. The van der Waals surface area contributed by atoms with Crippen LogP contribution in [0.1, 0.15) is 22.3 Å². The summed E-state index contributed by atoms with van der Waals surface area (Å²) in [4.78, 5) is 24.4. The number of aromatic amines is 1. The standard InChI is InChI=1S/C25H23FN4O4/c26-21-12-18(13-22-23(21)29-30-28-22)24(32)27-20(11-19(14-31)25(33)34)10-15-6-8-17(9-7-15)16-4-2-1-3-5-16/h1-9,12-13,19-20,31H,10-11,14H2,(H,27,32)(H,33,34)(H,28,29,30)/t19?,20-/m1/s1. The number of aliphatic hydroxyl groups excluding tert-OH is 1. The van der Waals surface area contributed by atoms with Crippen LogP contribution < -0.4 is 5.32 Å². The fourth-order valence-electron chi connectivity index (χ4n) is 3.85. The maximum atomic E-state index is 14.3. The molecule has 9 heteroatoms. The molecule has 4 aromatic rings. The van der Waals surface area contributed by atoms with Crippen LogP contribution in [0, 0.1) is 11.7 Å². The molecule has 0 radical (unpaired) electrons. The Morgan fingerprint density at radius 2 is 1.74 bits per heavy atom. The largest absolute Gasteiger partial charge is 0.481 e. The number of carbonyl (C=O) groups excluding carboxylic acids is 1. The van der Waals surface area contributed by atoms with Crippen molar-refractivity contribution in [2.75, 3.05) is 6.61 Å². The molecule has 1 unspecified atom stereocenters. The number of halogens is 1. The van der Waals surface area contributed by atoms with Gasteiger partial charge in [-0.25, -0.2) is 4.39 Å². The number of fused-ring (bicyclic) bond motifs is 1. The summed E-state index contributed by atoms with van der Waals surface area (Å²) in [5.41, 5.74) is 3.33. The Kier molecular flexibility index (Phi) is 6.93. The summed E-state index contributed by atoms with van der Waals surface area (Å²) in [6, 6.07) is 19.5. The Hall–Kier alpha value is -4.11. The average molecular weight is 462 g/mol. The first-order chi connectivity index (χ1) is 16.4. The van der Waals surface area contributed by atoms with Crippen LogP contribution in [0.15, 0.2) is 66.7 Å². The number of hydrogen-bond donors (Lipinski definition) is 4. The number of H-pyrrole nitrogens is 1. The highest BCUT2D eigenvalue weighted by Crippen LogP contribution is 2.21. The lowest BCUT2D eigenvalue weighted by Gasteiger charge is -2.22. The Morgan fingerprint density at radius 1 is 1.03 bits per heavy atom. The fraction of sp³-hybridized carbons (Fsp3) is 0.200. The van der Waals surface area contributed by atoms with Gasteiger partial charge >= 0.3 is 5.97 Å². The van der Waals surface area contributed by atoms with Crippen molar-refractivity contribution in [3.8, 4) is 11.1 Å². The van der Waals surface area contributed by atoms with Gasteiger partial charge in [0, 0.05) is 11.6 Å². The molecule has 4 rings (SSSR count). The van der Waals surface area contributed by atoms with E-state index in [0.29, 0.717) is 6.42 Å². The van der Waals surface area contributed by atoms with Crippen LogP contribution in [-0.4, -0.2) is 50.1 Å². The van der Waals surface area contributed by atoms with Crippen LogP contribution in [0.3, 0.4) is 0 Å². The van der Waals surface area contributed by atoms with Gasteiger partial charge in [-0.05, 0) is 41.7 Å². The monoisotopic (exact) mass is 462 g/mol. The van der Waals surface area contributed by atoms with Crippen LogP contribution in [0.2, 0.25) is 0 Å².